The van der Waals surface area contributed by atoms with Crippen molar-refractivity contribution in [1.29, 1.82) is 0 Å². The molecule has 1 aromatic heterocycles. The first kappa shape index (κ1) is 17.2. The van der Waals surface area contributed by atoms with Gasteiger partial charge in [-0.1, -0.05) is 12.1 Å². The number of rotatable bonds is 5. The van der Waals surface area contributed by atoms with E-state index in [-0.39, 0.29) is 30.4 Å². The number of carbonyl (C=O) groups is 2. The highest BCUT2D eigenvalue weighted by Crippen LogP contribution is 2.38. The first-order chi connectivity index (χ1) is 12.7. The molecule has 136 valence electrons. The molecule has 1 aliphatic heterocycles. The van der Waals surface area contributed by atoms with Crippen LogP contribution in [0.3, 0.4) is 0 Å². The molecule has 1 aliphatic carbocycles. The van der Waals surface area contributed by atoms with Crippen LogP contribution in [0.4, 0.5) is 5.69 Å². The summed E-state index contributed by atoms with van der Waals surface area (Å²) < 4.78 is 5.07. The van der Waals surface area contributed by atoms with Crippen LogP contribution < -0.4 is 5.32 Å². The van der Waals surface area contributed by atoms with E-state index in [1.165, 1.54) is 10.4 Å². The lowest BCUT2D eigenvalue weighted by Crippen LogP contribution is -2.41. The van der Waals surface area contributed by atoms with E-state index in [1.54, 1.807) is 18.4 Å². The summed E-state index contributed by atoms with van der Waals surface area (Å²) in [6, 6.07) is 9.88. The average molecular weight is 370 g/mol. The zero-order valence-electron chi connectivity index (χ0n) is 14.7. The fourth-order valence-corrected chi connectivity index (χ4v) is 4.39. The summed E-state index contributed by atoms with van der Waals surface area (Å²) in [4.78, 5) is 27.7. The van der Waals surface area contributed by atoms with Crippen molar-refractivity contribution in [2.45, 2.75) is 25.3 Å². The summed E-state index contributed by atoms with van der Waals surface area (Å²) >= 11 is 1.75. The van der Waals surface area contributed by atoms with Crippen molar-refractivity contribution in [1.82, 2.24) is 4.90 Å². The second-order valence-corrected chi connectivity index (χ2v) is 7.86. The Bertz CT molecular complexity index is 811. The Morgan fingerprint density at radius 3 is 2.69 bits per heavy atom. The zero-order chi connectivity index (χ0) is 18.1. The van der Waals surface area contributed by atoms with E-state index in [4.69, 9.17) is 4.74 Å². The molecule has 1 saturated carbocycles. The number of nitrogens with zero attached hydrogens (tertiary/aromatic N) is 1. The lowest BCUT2D eigenvalue weighted by molar-refractivity contribution is -0.137. The van der Waals surface area contributed by atoms with Crippen molar-refractivity contribution >= 4 is 28.8 Å². The molecule has 1 atom stereocenters. The third kappa shape index (κ3) is 3.39. The smallest absolute Gasteiger partial charge is 0.249 e. The van der Waals surface area contributed by atoms with Crippen LogP contribution in [-0.4, -0.2) is 37.0 Å². The van der Waals surface area contributed by atoms with Gasteiger partial charge < -0.3 is 15.0 Å². The molecule has 0 saturated heterocycles. The summed E-state index contributed by atoms with van der Waals surface area (Å²) in [5.41, 5.74) is 3.06. The fourth-order valence-electron chi connectivity index (χ4n) is 3.49. The quantitative estimate of drug-likeness (QED) is 0.879. The minimum absolute atomic E-state index is 0.000428. The summed E-state index contributed by atoms with van der Waals surface area (Å²) in [6.45, 7) is 0.784. The Kier molecular flexibility index (Phi) is 4.78. The Morgan fingerprint density at radius 1 is 1.23 bits per heavy atom. The molecule has 1 unspecified atom stereocenters. The molecule has 0 spiro atoms. The molecular formula is C20H22N2O3S. The molecule has 0 radical (unpaired) electrons. The topological polar surface area (TPSA) is 58.6 Å². The molecule has 5 nitrogen and oxygen atoms in total. The number of fused-ring (bicyclic) bond motifs is 1. The van der Waals surface area contributed by atoms with Crippen molar-refractivity contribution in [3.63, 3.8) is 0 Å². The zero-order valence-corrected chi connectivity index (χ0v) is 15.6. The van der Waals surface area contributed by atoms with Gasteiger partial charge in [0.25, 0.3) is 0 Å². The van der Waals surface area contributed by atoms with Gasteiger partial charge in [-0.3, -0.25) is 9.59 Å². The van der Waals surface area contributed by atoms with Gasteiger partial charge >= 0.3 is 0 Å². The molecule has 1 N–H and O–H groups in total. The number of nitrogens with one attached hydrogen (secondary N) is 1. The van der Waals surface area contributed by atoms with E-state index in [9.17, 15) is 9.59 Å². The molecule has 1 aromatic carbocycles. The van der Waals surface area contributed by atoms with E-state index in [1.807, 2.05) is 29.2 Å². The highest BCUT2D eigenvalue weighted by atomic mass is 32.1. The Balaban J connectivity index is 1.60. The first-order valence-electron chi connectivity index (χ1n) is 8.93. The average Bonchev–Trinajstić information content (AvgIpc) is 3.39. The normalized spacial score (nSPS) is 19.1. The highest BCUT2D eigenvalue weighted by Gasteiger charge is 2.33. The van der Waals surface area contributed by atoms with Crippen molar-refractivity contribution in [2.24, 2.45) is 5.92 Å². The first-order valence-corrected chi connectivity index (χ1v) is 9.81. The van der Waals surface area contributed by atoms with Crippen molar-refractivity contribution in [2.75, 3.05) is 25.6 Å². The van der Waals surface area contributed by atoms with E-state index < -0.39 is 0 Å². The number of ether oxygens (including phenoxy) is 1. The van der Waals surface area contributed by atoms with E-state index >= 15 is 0 Å². The number of anilines is 1. The maximum Gasteiger partial charge on any atom is 0.249 e. The van der Waals surface area contributed by atoms with Gasteiger partial charge in [0.1, 0.15) is 6.61 Å². The van der Waals surface area contributed by atoms with Gasteiger partial charge in [0.15, 0.2) is 0 Å². The summed E-state index contributed by atoms with van der Waals surface area (Å²) in [6.07, 6.45) is 2.86. The second-order valence-electron chi connectivity index (χ2n) is 6.86. The minimum atomic E-state index is -0.0965. The molecule has 6 heteroatoms. The van der Waals surface area contributed by atoms with Crippen LogP contribution in [0.5, 0.6) is 0 Å². The Hall–Kier alpha value is -2.18. The number of benzene rings is 1. The standard InChI is InChI=1S/C20H22N2O3S/c1-25-12-18(23)22-10-8-17-16(9-11-26-17)19(22)13-4-6-15(7-5-13)21-20(24)14-2-3-14/h4-7,9,11,14,19H,2-3,8,10,12H2,1H3,(H,21,24). The molecule has 2 aliphatic rings. The third-order valence-electron chi connectivity index (χ3n) is 5.00. The molecule has 26 heavy (non-hydrogen) atoms. The van der Waals surface area contributed by atoms with Gasteiger partial charge in [-0.25, -0.2) is 0 Å². The molecule has 2 amide bonds. The van der Waals surface area contributed by atoms with Crippen molar-refractivity contribution < 1.29 is 14.3 Å². The van der Waals surface area contributed by atoms with Gasteiger partial charge in [-0.2, -0.15) is 0 Å². The van der Waals surface area contributed by atoms with E-state index in [0.717, 1.165) is 30.5 Å². The largest absolute Gasteiger partial charge is 0.375 e. The van der Waals surface area contributed by atoms with Crippen molar-refractivity contribution in [3.05, 3.63) is 51.7 Å². The van der Waals surface area contributed by atoms with Crippen LogP contribution in [0.2, 0.25) is 0 Å². The van der Waals surface area contributed by atoms with Gasteiger partial charge in [-0.05, 0) is 54.0 Å². The van der Waals surface area contributed by atoms with Crippen LogP contribution in [-0.2, 0) is 20.7 Å². The number of amides is 2. The van der Waals surface area contributed by atoms with Gasteiger partial charge in [-0.15, -0.1) is 11.3 Å². The fraction of sp³-hybridized carbons (Fsp3) is 0.400. The number of carbonyl (C=O) groups excluding carboxylic acids is 2. The monoisotopic (exact) mass is 370 g/mol. The van der Waals surface area contributed by atoms with E-state index in [0.29, 0.717) is 6.54 Å². The van der Waals surface area contributed by atoms with Crippen LogP contribution in [0, 0.1) is 5.92 Å². The van der Waals surface area contributed by atoms with Crippen LogP contribution in [0.15, 0.2) is 35.7 Å². The minimum Gasteiger partial charge on any atom is -0.375 e. The van der Waals surface area contributed by atoms with Gasteiger partial charge in [0.05, 0.1) is 6.04 Å². The molecule has 0 bridgehead atoms. The highest BCUT2D eigenvalue weighted by molar-refractivity contribution is 7.10. The van der Waals surface area contributed by atoms with E-state index in [2.05, 4.69) is 16.8 Å². The molecule has 4 rings (SSSR count). The molecule has 2 aromatic rings. The van der Waals surface area contributed by atoms with Crippen molar-refractivity contribution in [3.8, 4) is 0 Å². The van der Waals surface area contributed by atoms with Crippen LogP contribution in [0.1, 0.15) is 34.9 Å². The number of thiophene rings is 1. The Morgan fingerprint density at radius 2 is 2.00 bits per heavy atom. The lowest BCUT2D eigenvalue weighted by Gasteiger charge is -2.36. The van der Waals surface area contributed by atoms with Crippen LogP contribution >= 0.6 is 11.3 Å². The predicted molar refractivity (Wildman–Crippen MR) is 101 cm³/mol. The SMILES string of the molecule is COCC(=O)N1CCc2sccc2C1c1ccc(NC(=O)C2CC2)cc1. The molecule has 2 heterocycles. The molecule has 1 fully saturated rings. The lowest BCUT2D eigenvalue weighted by atomic mass is 9.93. The number of hydrogen-bond donors (Lipinski definition) is 1. The summed E-state index contributed by atoms with van der Waals surface area (Å²) in [5, 5.41) is 5.05. The van der Waals surface area contributed by atoms with Crippen LogP contribution in [0.25, 0.3) is 0 Å². The number of hydrogen-bond acceptors (Lipinski definition) is 4. The summed E-state index contributed by atoms with van der Waals surface area (Å²) in [7, 11) is 1.55. The predicted octanol–water partition coefficient (Wildman–Crippen LogP) is 3.22. The van der Waals surface area contributed by atoms with Gasteiger partial charge in [0.2, 0.25) is 11.8 Å². The molecular weight excluding hydrogens is 348 g/mol. The Labute approximate surface area is 157 Å². The maximum atomic E-state index is 12.6. The summed E-state index contributed by atoms with van der Waals surface area (Å²) in [5.74, 6) is 0.288. The third-order valence-corrected chi connectivity index (χ3v) is 5.99. The van der Waals surface area contributed by atoms with Gasteiger partial charge in [0, 0.05) is 30.1 Å². The number of methoxy groups -OCH3 is 1. The second kappa shape index (κ2) is 7.21. The maximum absolute atomic E-state index is 12.6.